The lowest BCUT2D eigenvalue weighted by Crippen LogP contribution is -2.16. The first-order valence-corrected chi connectivity index (χ1v) is 6.63. The van der Waals surface area contributed by atoms with Crippen LogP contribution in [0, 0.1) is 0 Å². The van der Waals surface area contributed by atoms with E-state index in [9.17, 15) is 0 Å². The van der Waals surface area contributed by atoms with Gasteiger partial charge in [0, 0.05) is 29.3 Å². The highest BCUT2D eigenvalue weighted by Crippen LogP contribution is 2.20. The molecule has 4 heteroatoms. The van der Waals surface area contributed by atoms with Gasteiger partial charge in [0.2, 0.25) is 0 Å². The minimum atomic E-state index is 0.789. The topological polar surface area (TPSA) is 21.3 Å². The van der Waals surface area contributed by atoms with Crippen molar-refractivity contribution in [2.45, 2.75) is 19.9 Å². The molecule has 0 fully saturated rings. The SMILES string of the molecule is CCOCCCNCc1cc(Br)ccc1Cl. The molecule has 0 aromatic heterocycles. The minimum Gasteiger partial charge on any atom is -0.382 e. The molecule has 0 radical (unpaired) electrons. The molecule has 0 heterocycles. The maximum Gasteiger partial charge on any atom is 0.0477 e. The predicted octanol–water partition coefficient (Wildman–Crippen LogP) is 3.62. The molecule has 0 aliphatic carbocycles. The standard InChI is InChI=1S/C12H17BrClNO/c1-2-16-7-3-6-15-9-10-8-11(13)4-5-12(10)14/h4-5,8,15H,2-3,6-7,9H2,1H3. The maximum atomic E-state index is 6.07. The van der Waals surface area contributed by atoms with E-state index in [-0.39, 0.29) is 0 Å². The third-order valence-corrected chi connectivity index (χ3v) is 3.03. The summed E-state index contributed by atoms with van der Waals surface area (Å²) in [6, 6.07) is 5.89. The van der Waals surface area contributed by atoms with Gasteiger partial charge in [-0.25, -0.2) is 0 Å². The lowest BCUT2D eigenvalue weighted by atomic mass is 10.2. The molecule has 90 valence electrons. The molecule has 0 saturated heterocycles. The van der Waals surface area contributed by atoms with Crippen molar-refractivity contribution in [2.75, 3.05) is 19.8 Å². The number of rotatable bonds is 7. The zero-order valence-electron chi connectivity index (χ0n) is 9.43. The predicted molar refractivity (Wildman–Crippen MR) is 72.0 cm³/mol. The quantitative estimate of drug-likeness (QED) is 0.777. The van der Waals surface area contributed by atoms with E-state index in [4.69, 9.17) is 16.3 Å². The second kappa shape index (κ2) is 8.07. The summed E-state index contributed by atoms with van der Waals surface area (Å²) in [5.41, 5.74) is 1.12. The Morgan fingerprint density at radius 3 is 3.00 bits per heavy atom. The number of nitrogens with one attached hydrogen (secondary N) is 1. The van der Waals surface area contributed by atoms with Gasteiger partial charge >= 0.3 is 0 Å². The Morgan fingerprint density at radius 1 is 1.44 bits per heavy atom. The summed E-state index contributed by atoms with van der Waals surface area (Å²) in [7, 11) is 0. The van der Waals surface area contributed by atoms with E-state index in [0.29, 0.717) is 0 Å². The molecule has 0 amide bonds. The highest BCUT2D eigenvalue weighted by molar-refractivity contribution is 9.10. The first-order chi connectivity index (χ1) is 7.74. The smallest absolute Gasteiger partial charge is 0.0477 e. The molecule has 0 unspecified atom stereocenters. The molecule has 16 heavy (non-hydrogen) atoms. The highest BCUT2D eigenvalue weighted by Gasteiger charge is 2.00. The zero-order chi connectivity index (χ0) is 11.8. The average Bonchev–Trinajstić information content (AvgIpc) is 2.28. The van der Waals surface area contributed by atoms with Crippen LogP contribution in [0.4, 0.5) is 0 Å². The summed E-state index contributed by atoms with van der Waals surface area (Å²) < 4.78 is 6.31. The number of hydrogen-bond donors (Lipinski definition) is 1. The molecule has 1 aromatic rings. The minimum absolute atomic E-state index is 0.789. The van der Waals surface area contributed by atoms with Crippen LogP contribution in [0.2, 0.25) is 5.02 Å². The molecule has 0 spiro atoms. The van der Waals surface area contributed by atoms with Crippen LogP contribution in [0.15, 0.2) is 22.7 Å². The van der Waals surface area contributed by atoms with Crippen LogP contribution in [-0.2, 0) is 11.3 Å². The molecule has 1 rings (SSSR count). The lowest BCUT2D eigenvalue weighted by Gasteiger charge is -2.07. The third kappa shape index (κ3) is 5.30. The molecule has 2 nitrogen and oxygen atoms in total. The molecule has 0 aliphatic heterocycles. The van der Waals surface area contributed by atoms with Crippen LogP contribution in [0.25, 0.3) is 0 Å². The third-order valence-electron chi connectivity index (χ3n) is 2.17. The van der Waals surface area contributed by atoms with Gasteiger partial charge in [-0.1, -0.05) is 27.5 Å². The number of halogens is 2. The average molecular weight is 307 g/mol. The summed E-state index contributed by atoms with van der Waals surface area (Å²) in [5.74, 6) is 0. The van der Waals surface area contributed by atoms with Crippen LogP contribution < -0.4 is 5.32 Å². The Labute approximate surface area is 110 Å². The van der Waals surface area contributed by atoms with E-state index in [2.05, 4.69) is 21.2 Å². The van der Waals surface area contributed by atoms with Gasteiger partial charge in [0.25, 0.3) is 0 Å². The van der Waals surface area contributed by atoms with Gasteiger partial charge in [-0.15, -0.1) is 0 Å². The van der Waals surface area contributed by atoms with Crippen LogP contribution in [-0.4, -0.2) is 19.8 Å². The van der Waals surface area contributed by atoms with Gasteiger partial charge in [0.15, 0.2) is 0 Å². The Hall–Kier alpha value is -0.0900. The fourth-order valence-electron chi connectivity index (χ4n) is 1.35. The van der Waals surface area contributed by atoms with Crippen molar-refractivity contribution in [1.29, 1.82) is 0 Å². The van der Waals surface area contributed by atoms with E-state index in [1.165, 1.54) is 0 Å². The second-order valence-corrected chi connectivity index (χ2v) is 4.79. The molecule has 0 atom stereocenters. The summed E-state index contributed by atoms with van der Waals surface area (Å²) in [6.45, 7) is 5.36. The van der Waals surface area contributed by atoms with Gasteiger partial charge in [0.05, 0.1) is 0 Å². The van der Waals surface area contributed by atoms with Crippen molar-refractivity contribution in [3.8, 4) is 0 Å². The van der Waals surface area contributed by atoms with Crippen molar-refractivity contribution in [3.05, 3.63) is 33.3 Å². The first-order valence-electron chi connectivity index (χ1n) is 5.46. The van der Waals surface area contributed by atoms with Crippen molar-refractivity contribution < 1.29 is 4.74 Å². The van der Waals surface area contributed by atoms with Crippen LogP contribution in [0.3, 0.4) is 0 Å². The largest absolute Gasteiger partial charge is 0.382 e. The fraction of sp³-hybridized carbons (Fsp3) is 0.500. The van der Waals surface area contributed by atoms with Gasteiger partial charge < -0.3 is 10.1 Å². The monoisotopic (exact) mass is 305 g/mol. The van der Waals surface area contributed by atoms with Crippen molar-refractivity contribution in [3.63, 3.8) is 0 Å². The summed E-state index contributed by atoms with van der Waals surface area (Å²) in [4.78, 5) is 0. The number of ether oxygens (including phenoxy) is 1. The van der Waals surface area contributed by atoms with E-state index < -0.39 is 0 Å². The second-order valence-electron chi connectivity index (χ2n) is 3.46. The van der Waals surface area contributed by atoms with E-state index >= 15 is 0 Å². The molecular formula is C12H17BrClNO. The summed E-state index contributed by atoms with van der Waals surface area (Å²) >= 11 is 9.51. The first kappa shape index (κ1) is 14.0. The Balaban J connectivity index is 2.23. The maximum absolute atomic E-state index is 6.07. The summed E-state index contributed by atoms with van der Waals surface area (Å²) in [5, 5.41) is 4.15. The molecule has 0 bridgehead atoms. The van der Waals surface area contributed by atoms with Crippen LogP contribution in [0.1, 0.15) is 18.9 Å². The van der Waals surface area contributed by atoms with E-state index in [1.54, 1.807) is 0 Å². The molecular weight excluding hydrogens is 289 g/mol. The van der Waals surface area contributed by atoms with Gasteiger partial charge in [-0.2, -0.15) is 0 Å². The lowest BCUT2D eigenvalue weighted by molar-refractivity contribution is 0.144. The van der Waals surface area contributed by atoms with Crippen molar-refractivity contribution in [2.24, 2.45) is 0 Å². The number of hydrogen-bond acceptors (Lipinski definition) is 2. The van der Waals surface area contributed by atoms with Gasteiger partial charge in [-0.05, 0) is 43.7 Å². The Bertz CT molecular complexity index is 320. The molecule has 0 aliphatic rings. The van der Waals surface area contributed by atoms with Crippen LogP contribution in [0.5, 0.6) is 0 Å². The summed E-state index contributed by atoms with van der Waals surface area (Å²) in [6.07, 6.45) is 1.03. The number of benzene rings is 1. The Kier molecular flexibility index (Phi) is 7.05. The van der Waals surface area contributed by atoms with Gasteiger partial charge in [0.1, 0.15) is 0 Å². The van der Waals surface area contributed by atoms with Crippen molar-refractivity contribution >= 4 is 27.5 Å². The fourth-order valence-corrected chi connectivity index (χ4v) is 1.94. The highest BCUT2D eigenvalue weighted by atomic mass is 79.9. The van der Waals surface area contributed by atoms with E-state index in [1.807, 2.05) is 25.1 Å². The molecule has 0 saturated carbocycles. The Morgan fingerprint density at radius 2 is 2.25 bits per heavy atom. The zero-order valence-corrected chi connectivity index (χ0v) is 11.8. The van der Waals surface area contributed by atoms with Crippen LogP contribution >= 0.6 is 27.5 Å². The van der Waals surface area contributed by atoms with E-state index in [0.717, 1.165) is 47.8 Å². The molecule has 1 aromatic carbocycles. The van der Waals surface area contributed by atoms with Crippen molar-refractivity contribution in [1.82, 2.24) is 5.32 Å². The molecule has 1 N–H and O–H groups in total. The van der Waals surface area contributed by atoms with Gasteiger partial charge in [-0.3, -0.25) is 0 Å². The normalized spacial score (nSPS) is 10.7.